The van der Waals surface area contributed by atoms with E-state index in [-0.39, 0.29) is 11.4 Å². The van der Waals surface area contributed by atoms with Crippen LogP contribution in [0.3, 0.4) is 0 Å². The topological polar surface area (TPSA) is 41.6 Å². The Hall–Kier alpha value is -1.59. The summed E-state index contributed by atoms with van der Waals surface area (Å²) in [6, 6.07) is 6.60. The number of carbonyl (C=O) groups is 1. The molecule has 3 saturated heterocycles. The smallest absolute Gasteiger partial charge is 0.261 e. The van der Waals surface area contributed by atoms with Crippen molar-refractivity contribution in [3.05, 3.63) is 28.6 Å². The number of ether oxygens (including phenoxy) is 1. The zero-order valence-corrected chi connectivity index (χ0v) is 16.6. The van der Waals surface area contributed by atoms with Crippen LogP contribution in [-0.2, 0) is 0 Å². The molecule has 4 nitrogen and oxygen atoms in total. The van der Waals surface area contributed by atoms with E-state index in [0.717, 1.165) is 10.6 Å². The molecule has 5 aliphatic rings. The van der Waals surface area contributed by atoms with Crippen LogP contribution in [0.4, 0.5) is 0 Å². The Labute approximate surface area is 163 Å². The number of methoxy groups -OCH3 is 1. The Morgan fingerprint density at radius 1 is 1.22 bits per heavy atom. The van der Waals surface area contributed by atoms with Crippen molar-refractivity contribution in [1.82, 2.24) is 10.2 Å². The highest BCUT2D eigenvalue weighted by Crippen LogP contribution is 2.54. The molecule has 1 spiro atoms. The zero-order valence-electron chi connectivity index (χ0n) is 15.8. The maximum atomic E-state index is 13.2. The quantitative estimate of drug-likeness (QED) is 0.864. The number of hydrogen-bond acceptors (Lipinski definition) is 4. The maximum absolute atomic E-state index is 13.2. The summed E-state index contributed by atoms with van der Waals surface area (Å²) in [5.74, 6) is 2.38. The summed E-state index contributed by atoms with van der Waals surface area (Å²) >= 11 is 1.65. The van der Waals surface area contributed by atoms with Gasteiger partial charge in [0, 0.05) is 15.8 Å². The molecular formula is C22H26N2O2S. The summed E-state index contributed by atoms with van der Waals surface area (Å²) in [5.41, 5.74) is 1.61. The van der Waals surface area contributed by atoms with Gasteiger partial charge in [0.15, 0.2) is 0 Å². The lowest BCUT2D eigenvalue weighted by molar-refractivity contribution is -0.00138. The van der Waals surface area contributed by atoms with Gasteiger partial charge in [-0.1, -0.05) is 0 Å². The van der Waals surface area contributed by atoms with Crippen LogP contribution < -0.4 is 10.1 Å². The molecular weight excluding hydrogens is 356 g/mol. The van der Waals surface area contributed by atoms with Gasteiger partial charge < -0.3 is 10.1 Å². The minimum absolute atomic E-state index is 0.127. The Bertz CT molecular complexity index is 920. The second-order valence-electron chi connectivity index (χ2n) is 8.86. The van der Waals surface area contributed by atoms with E-state index in [0.29, 0.717) is 17.9 Å². The van der Waals surface area contributed by atoms with Gasteiger partial charge in [-0.25, -0.2) is 0 Å². The van der Waals surface area contributed by atoms with E-state index in [1.807, 2.05) is 0 Å². The van der Waals surface area contributed by atoms with Gasteiger partial charge in [-0.05, 0) is 87.0 Å². The Balaban J connectivity index is 1.32. The number of rotatable bonds is 4. The van der Waals surface area contributed by atoms with E-state index in [9.17, 15) is 4.79 Å². The van der Waals surface area contributed by atoms with E-state index in [2.05, 4.69) is 28.4 Å². The van der Waals surface area contributed by atoms with Crippen LogP contribution in [0.1, 0.15) is 59.7 Å². The van der Waals surface area contributed by atoms with Gasteiger partial charge >= 0.3 is 0 Å². The van der Waals surface area contributed by atoms with E-state index in [4.69, 9.17) is 4.74 Å². The Kier molecular flexibility index (Phi) is 3.46. The molecule has 0 radical (unpaired) electrons. The third-order valence-electron chi connectivity index (χ3n) is 7.38. The Morgan fingerprint density at radius 2 is 2.00 bits per heavy atom. The number of amides is 1. The summed E-state index contributed by atoms with van der Waals surface area (Å²) in [6.45, 7) is 2.45. The molecule has 7 rings (SSSR count). The molecule has 2 aliphatic carbocycles. The molecule has 27 heavy (non-hydrogen) atoms. The average Bonchev–Trinajstić information content (AvgIpc) is 3.62. The average molecular weight is 383 g/mol. The molecule has 1 aromatic heterocycles. The summed E-state index contributed by atoms with van der Waals surface area (Å²) in [5, 5.41) is 4.66. The van der Waals surface area contributed by atoms with Crippen molar-refractivity contribution in [2.45, 2.75) is 56.0 Å². The number of fused-ring (bicyclic) bond motifs is 3. The van der Waals surface area contributed by atoms with Crippen LogP contribution in [0.15, 0.2) is 18.2 Å². The molecule has 5 fully saturated rings. The van der Waals surface area contributed by atoms with Crippen LogP contribution >= 0.6 is 11.3 Å². The molecule has 4 heterocycles. The van der Waals surface area contributed by atoms with Crippen LogP contribution in [0.5, 0.6) is 5.75 Å². The maximum Gasteiger partial charge on any atom is 0.261 e. The number of nitrogens with one attached hydrogen (secondary N) is 1. The fourth-order valence-electron chi connectivity index (χ4n) is 5.69. The third kappa shape index (κ3) is 2.40. The molecule has 2 bridgehead atoms. The first-order chi connectivity index (χ1) is 13.2. The van der Waals surface area contributed by atoms with Crippen molar-refractivity contribution >= 4 is 27.3 Å². The van der Waals surface area contributed by atoms with Crippen molar-refractivity contribution in [2.24, 2.45) is 5.92 Å². The standard InChI is InChI=1S/C22H26N2O2S/c1-26-16-5-4-15-12-17(27-19(15)18(16)13-2-3-13)21(25)23-20-14-6-10-24(11-7-14)22(20)8-9-22/h4-5,12-14,20H,2-3,6-11H2,1H3,(H,23,25). The van der Waals surface area contributed by atoms with Crippen molar-refractivity contribution in [1.29, 1.82) is 0 Å². The van der Waals surface area contributed by atoms with Gasteiger partial charge in [-0.15, -0.1) is 11.3 Å². The number of benzene rings is 1. The zero-order chi connectivity index (χ0) is 18.2. The van der Waals surface area contributed by atoms with Gasteiger partial charge in [-0.2, -0.15) is 0 Å². The van der Waals surface area contributed by atoms with Crippen LogP contribution in [-0.4, -0.2) is 42.6 Å². The van der Waals surface area contributed by atoms with E-state index in [1.165, 1.54) is 67.3 Å². The lowest BCUT2D eigenvalue weighted by Gasteiger charge is -2.52. The number of hydrogen-bond donors (Lipinski definition) is 1. The number of piperidine rings is 3. The van der Waals surface area contributed by atoms with Gasteiger partial charge in [0.25, 0.3) is 5.91 Å². The molecule has 2 aromatic rings. The fourth-order valence-corrected chi connectivity index (χ4v) is 6.87. The van der Waals surface area contributed by atoms with E-state index < -0.39 is 0 Å². The number of thiophene rings is 1. The summed E-state index contributed by atoms with van der Waals surface area (Å²) in [6.07, 6.45) is 7.45. The van der Waals surface area contributed by atoms with Crippen molar-refractivity contribution in [3.63, 3.8) is 0 Å². The number of carbonyl (C=O) groups excluding carboxylic acids is 1. The molecule has 1 atom stereocenters. The summed E-state index contributed by atoms with van der Waals surface area (Å²) in [7, 11) is 1.75. The van der Waals surface area contributed by atoms with Gasteiger partial charge in [0.2, 0.25) is 0 Å². The fraction of sp³-hybridized carbons (Fsp3) is 0.591. The van der Waals surface area contributed by atoms with Crippen LogP contribution in [0, 0.1) is 5.92 Å². The molecule has 1 N–H and O–H groups in total. The second kappa shape index (κ2) is 5.71. The predicted molar refractivity (Wildman–Crippen MR) is 108 cm³/mol. The summed E-state index contributed by atoms with van der Waals surface area (Å²) in [4.78, 5) is 16.7. The molecule has 1 unspecified atom stereocenters. The molecule has 1 aromatic carbocycles. The summed E-state index contributed by atoms with van der Waals surface area (Å²) < 4.78 is 6.86. The normalized spacial score (nSPS) is 30.6. The van der Waals surface area contributed by atoms with Crippen molar-refractivity contribution in [2.75, 3.05) is 20.2 Å². The first-order valence-corrected chi connectivity index (χ1v) is 11.2. The highest BCUT2D eigenvalue weighted by Gasteiger charge is 2.60. The lowest BCUT2D eigenvalue weighted by Crippen LogP contribution is -2.65. The van der Waals surface area contributed by atoms with Gasteiger partial charge in [0.05, 0.1) is 18.0 Å². The SMILES string of the molecule is COc1ccc2cc(C(=O)NC3C4CCN(CC4)C34CC4)sc2c1C1CC1. The first kappa shape index (κ1) is 16.4. The number of nitrogens with zero attached hydrogens (tertiary/aromatic N) is 1. The van der Waals surface area contributed by atoms with Crippen LogP contribution in [0.25, 0.3) is 10.1 Å². The first-order valence-electron chi connectivity index (χ1n) is 10.4. The molecule has 5 heteroatoms. The minimum atomic E-state index is 0.127. The predicted octanol–water partition coefficient (Wildman–Crippen LogP) is 4.14. The second-order valence-corrected chi connectivity index (χ2v) is 9.92. The Morgan fingerprint density at radius 3 is 2.67 bits per heavy atom. The molecule has 3 aliphatic heterocycles. The molecule has 1 amide bonds. The largest absolute Gasteiger partial charge is 0.496 e. The highest BCUT2D eigenvalue weighted by atomic mass is 32.1. The van der Waals surface area contributed by atoms with E-state index >= 15 is 0 Å². The molecule has 142 valence electrons. The highest BCUT2D eigenvalue weighted by molar-refractivity contribution is 7.21. The lowest BCUT2D eigenvalue weighted by atomic mass is 9.77. The van der Waals surface area contributed by atoms with Crippen molar-refractivity contribution in [3.8, 4) is 5.75 Å². The van der Waals surface area contributed by atoms with Gasteiger partial charge in [0.1, 0.15) is 5.75 Å². The van der Waals surface area contributed by atoms with Crippen molar-refractivity contribution < 1.29 is 9.53 Å². The minimum Gasteiger partial charge on any atom is -0.496 e. The van der Waals surface area contributed by atoms with Crippen LogP contribution in [0.2, 0.25) is 0 Å². The third-order valence-corrected chi connectivity index (χ3v) is 8.57. The monoisotopic (exact) mass is 382 g/mol. The molecule has 2 saturated carbocycles. The van der Waals surface area contributed by atoms with E-state index in [1.54, 1.807) is 18.4 Å². The van der Waals surface area contributed by atoms with Gasteiger partial charge in [-0.3, -0.25) is 9.69 Å².